The van der Waals surface area contributed by atoms with Crippen molar-refractivity contribution in [2.75, 3.05) is 24.7 Å². The number of hydrogen-bond donors (Lipinski definition) is 2. The highest BCUT2D eigenvalue weighted by Gasteiger charge is 2.59. The van der Waals surface area contributed by atoms with Gasteiger partial charge in [-0.05, 0) is 51.7 Å². The van der Waals surface area contributed by atoms with Gasteiger partial charge < -0.3 is 15.4 Å². The highest BCUT2D eigenvalue weighted by atomic mass is 127. The summed E-state index contributed by atoms with van der Waals surface area (Å²) in [6, 6.07) is 1.13. The molecule has 3 rings (SSSR count). The largest absolute Gasteiger partial charge is 0.378 e. The Hall–Kier alpha value is 0.310. The van der Waals surface area contributed by atoms with Crippen LogP contribution < -0.4 is 10.6 Å². The fourth-order valence-corrected chi connectivity index (χ4v) is 5.22. The molecule has 4 nitrogen and oxygen atoms in total. The number of ether oxygens (including phenoxy) is 1. The molecule has 0 aromatic heterocycles. The van der Waals surface area contributed by atoms with Gasteiger partial charge in [0.05, 0.1) is 6.10 Å². The molecular weight excluding hydrogens is 421 g/mol. The van der Waals surface area contributed by atoms with E-state index in [-0.39, 0.29) is 24.0 Å². The number of rotatable bonds is 5. The molecule has 1 saturated heterocycles. The topological polar surface area (TPSA) is 45.7 Å². The van der Waals surface area contributed by atoms with Crippen LogP contribution in [0.4, 0.5) is 0 Å². The van der Waals surface area contributed by atoms with Crippen molar-refractivity contribution in [2.45, 2.75) is 70.6 Å². The standard InChI is InChI=1S/C17H31N3OS.HI/c1-3-18-16(19-13-7-5-10-22-12-13)20-14-11-15(21-4-2)17(14)8-6-9-17;/h13-15H,3-12H2,1-2H3,(H2,18,19,20);1H. The molecule has 1 spiro atoms. The van der Waals surface area contributed by atoms with Crippen molar-refractivity contribution in [3.63, 3.8) is 0 Å². The van der Waals surface area contributed by atoms with Crippen molar-refractivity contribution in [1.29, 1.82) is 0 Å². The summed E-state index contributed by atoms with van der Waals surface area (Å²) in [7, 11) is 0. The second kappa shape index (κ2) is 9.13. The van der Waals surface area contributed by atoms with E-state index >= 15 is 0 Å². The van der Waals surface area contributed by atoms with E-state index < -0.39 is 0 Å². The fraction of sp³-hybridized carbons (Fsp3) is 0.941. The predicted octanol–water partition coefficient (Wildman–Crippen LogP) is 3.40. The molecule has 3 aliphatic rings. The van der Waals surface area contributed by atoms with E-state index in [0.717, 1.165) is 25.5 Å². The maximum absolute atomic E-state index is 5.95. The molecule has 2 N–H and O–H groups in total. The third kappa shape index (κ3) is 4.29. The minimum Gasteiger partial charge on any atom is -0.378 e. The molecule has 0 radical (unpaired) electrons. The molecule has 0 aromatic carbocycles. The maximum atomic E-state index is 5.95. The number of thioether (sulfide) groups is 1. The second-order valence-electron chi connectivity index (χ2n) is 6.84. The normalized spacial score (nSPS) is 32.4. The number of guanidine groups is 1. The quantitative estimate of drug-likeness (QED) is 0.381. The highest BCUT2D eigenvalue weighted by Crippen LogP contribution is 2.57. The molecule has 2 aliphatic carbocycles. The van der Waals surface area contributed by atoms with Crippen LogP contribution in [0.15, 0.2) is 4.99 Å². The predicted molar refractivity (Wildman–Crippen MR) is 110 cm³/mol. The summed E-state index contributed by atoms with van der Waals surface area (Å²) in [4.78, 5) is 4.68. The number of aliphatic imine (C=N–C) groups is 1. The zero-order valence-corrected chi connectivity index (χ0v) is 17.6. The summed E-state index contributed by atoms with van der Waals surface area (Å²) in [6.07, 6.45) is 8.18. The van der Waals surface area contributed by atoms with Gasteiger partial charge >= 0.3 is 0 Å². The van der Waals surface area contributed by atoms with Crippen LogP contribution >= 0.6 is 35.7 Å². The minimum atomic E-state index is 0. The molecule has 0 aromatic rings. The van der Waals surface area contributed by atoms with Gasteiger partial charge in [0.1, 0.15) is 0 Å². The van der Waals surface area contributed by atoms with Gasteiger partial charge in [-0.3, -0.25) is 4.99 Å². The van der Waals surface area contributed by atoms with Crippen LogP contribution in [-0.2, 0) is 4.74 Å². The number of nitrogens with zero attached hydrogens (tertiary/aromatic N) is 1. The first kappa shape index (κ1) is 19.6. The van der Waals surface area contributed by atoms with E-state index in [9.17, 15) is 0 Å². The van der Waals surface area contributed by atoms with Crippen LogP contribution in [0.25, 0.3) is 0 Å². The van der Waals surface area contributed by atoms with E-state index in [1.807, 2.05) is 0 Å². The molecule has 0 amide bonds. The zero-order chi connectivity index (χ0) is 15.4. The summed E-state index contributed by atoms with van der Waals surface area (Å²) < 4.78 is 5.95. The summed E-state index contributed by atoms with van der Waals surface area (Å²) in [5, 5.41) is 7.40. The average molecular weight is 453 g/mol. The second-order valence-corrected chi connectivity index (χ2v) is 7.99. The summed E-state index contributed by atoms with van der Waals surface area (Å²) in [6.45, 7) is 5.90. The van der Waals surface area contributed by atoms with Crippen LogP contribution in [-0.4, -0.2) is 48.8 Å². The van der Waals surface area contributed by atoms with Gasteiger partial charge in [0, 0.05) is 36.4 Å². The molecule has 3 atom stereocenters. The molecule has 1 aliphatic heterocycles. The fourth-order valence-electron chi connectivity index (χ4n) is 4.14. The van der Waals surface area contributed by atoms with Crippen LogP contribution in [0.1, 0.15) is 52.4 Å². The van der Waals surface area contributed by atoms with Crippen LogP contribution in [0.2, 0.25) is 0 Å². The maximum Gasteiger partial charge on any atom is 0.191 e. The van der Waals surface area contributed by atoms with Gasteiger partial charge in [0.2, 0.25) is 0 Å². The first-order chi connectivity index (χ1) is 10.8. The van der Waals surface area contributed by atoms with Crippen LogP contribution in [0.3, 0.4) is 0 Å². The smallest absolute Gasteiger partial charge is 0.191 e. The van der Waals surface area contributed by atoms with E-state index in [1.165, 1.54) is 43.6 Å². The molecular formula is C17H32IN3OS. The average Bonchev–Trinajstić information content (AvgIpc) is 2.45. The van der Waals surface area contributed by atoms with E-state index in [0.29, 0.717) is 23.6 Å². The Bertz CT molecular complexity index is 397. The van der Waals surface area contributed by atoms with Gasteiger partial charge in [-0.25, -0.2) is 0 Å². The molecule has 1 heterocycles. The van der Waals surface area contributed by atoms with E-state index in [2.05, 4.69) is 41.2 Å². The van der Waals surface area contributed by atoms with Crippen molar-refractivity contribution >= 4 is 41.7 Å². The van der Waals surface area contributed by atoms with Gasteiger partial charge in [-0.1, -0.05) is 6.42 Å². The number of nitrogens with one attached hydrogen (secondary N) is 2. The Balaban J connectivity index is 0.00000192. The molecule has 3 fully saturated rings. The highest BCUT2D eigenvalue weighted by molar-refractivity contribution is 14.0. The summed E-state index contributed by atoms with van der Waals surface area (Å²) in [5.74, 6) is 3.55. The number of hydrogen-bond acceptors (Lipinski definition) is 3. The van der Waals surface area contributed by atoms with Gasteiger partial charge in [-0.15, -0.1) is 24.0 Å². The SMILES string of the molecule is CCN=C(NC1CCCSC1)NC1CC(OCC)C12CCC2.I. The Labute approximate surface area is 162 Å². The lowest BCUT2D eigenvalue weighted by molar-refractivity contribution is -0.168. The summed E-state index contributed by atoms with van der Waals surface area (Å²) in [5.41, 5.74) is 0.396. The summed E-state index contributed by atoms with van der Waals surface area (Å²) >= 11 is 2.06. The van der Waals surface area contributed by atoms with Crippen molar-refractivity contribution < 1.29 is 4.74 Å². The van der Waals surface area contributed by atoms with Crippen molar-refractivity contribution in [2.24, 2.45) is 10.4 Å². The van der Waals surface area contributed by atoms with Crippen molar-refractivity contribution in [3.8, 4) is 0 Å². The monoisotopic (exact) mass is 453 g/mol. The Morgan fingerprint density at radius 3 is 2.65 bits per heavy atom. The third-order valence-corrected chi connectivity index (χ3v) is 6.78. The lowest BCUT2D eigenvalue weighted by atomic mass is 9.51. The molecule has 2 saturated carbocycles. The van der Waals surface area contributed by atoms with Crippen LogP contribution in [0, 0.1) is 5.41 Å². The molecule has 3 unspecified atom stereocenters. The van der Waals surface area contributed by atoms with Crippen molar-refractivity contribution in [3.05, 3.63) is 0 Å². The zero-order valence-electron chi connectivity index (χ0n) is 14.5. The first-order valence-electron chi connectivity index (χ1n) is 9.05. The third-order valence-electron chi connectivity index (χ3n) is 5.57. The van der Waals surface area contributed by atoms with E-state index in [1.54, 1.807) is 0 Å². The Kier molecular flexibility index (Phi) is 7.79. The minimum absolute atomic E-state index is 0. The lowest BCUT2D eigenvalue weighted by Gasteiger charge is -2.61. The molecule has 6 heteroatoms. The number of halogens is 1. The lowest BCUT2D eigenvalue weighted by Crippen LogP contribution is -2.69. The van der Waals surface area contributed by atoms with Gasteiger partial charge in [0.15, 0.2) is 5.96 Å². The molecule has 23 heavy (non-hydrogen) atoms. The van der Waals surface area contributed by atoms with E-state index in [4.69, 9.17) is 4.74 Å². The van der Waals surface area contributed by atoms with Crippen molar-refractivity contribution in [1.82, 2.24) is 10.6 Å². The Morgan fingerprint density at radius 2 is 2.09 bits per heavy atom. The molecule has 134 valence electrons. The first-order valence-corrected chi connectivity index (χ1v) is 10.2. The van der Waals surface area contributed by atoms with Gasteiger partial charge in [0.25, 0.3) is 0 Å². The van der Waals surface area contributed by atoms with Gasteiger partial charge in [-0.2, -0.15) is 11.8 Å². The molecule has 0 bridgehead atoms. The Morgan fingerprint density at radius 1 is 1.26 bits per heavy atom. The van der Waals surface area contributed by atoms with Crippen LogP contribution in [0.5, 0.6) is 0 Å².